The second-order valence-corrected chi connectivity index (χ2v) is 4.59. The van der Waals surface area contributed by atoms with Gasteiger partial charge < -0.3 is 9.30 Å². The fraction of sp³-hybridized carbons (Fsp3) is 0.727. The molecule has 0 aliphatic carbocycles. The van der Waals surface area contributed by atoms with Crippen LogP contribution in [-0.4, -0.2) is 22.8 Å². The minimum atomic E-state index is 0.393. The number of hydrogen-bond acceptors (Lipinski definition) is 2. The van der Waals surface area contributed by atoms with Crippen molar-refractivity contribution in [1.82, 2.24) is 9.55 Å². The van der Waals surface area contributed by atoms with Gasteiger partial charge in [0, 0.05) is 31.6 Å². The Hall–Kier alpha value is -0.830. The summed E-state index contributed by atoms with van der Waals surface area (Å²) in [5, 5.41) is 0. The van der Waals surface area contributed by atoms with Crippen molar-refractivity contribution in [3.8, 4) is 0 Å². The van der Waals surface area contributed by atoms with Crippen LogP contribution >= 0.6 is 0 Å². The summed E-state index contributed by atoms with van der Waals surface area (Å²) in [7, 11) is 0. The molecule has 0 amide bonds. The lowest BCUT2D eigenvalue weighted by atomic mass is 9.82. The van der Waals surface area contributed by atoms with Crippen LogP contribution in [0.15, 0.2) is 12.5 Å². The molecule has 1 aromatic rings. The average molecular weight is 194 g/mol. The standard InChI is InChI=1S/C11H18N2O/c1-10-7-12-9-13(10)8-11(2)3-5-14-6-4-11/h7,9H,3-6,8H2,1-2H3. The van der Waals surface area contributed by atoms with Gasteiger partial charge in [-0.1, -0.05) is 6.92 Å². The third-order valence-corrected chi connectivity index (χ3v) is 3.17. The van der Waals surface area contributed by atoms with Gasteiger partial charge in [-0.05, 0) is 25.2 Å². The van der Waals surface area contributed by atoms with Crippen LogP contribution in [0.25, 0.3) is 0 Å². The zero-order chi connectivity index (χ0) is 10.0. The Balaban J connectivity index is 2.05. The summed E-state index contributed by atoms with van der Waals surface area (Å²) in [6.07, 6.45) is 6.16. The summed E-state index contributed by atoms with van der Waals surface area (Å²) >= 11 is 0. The van der Waals surface area contributed by atoms with E-state index in [9.17, 15) is 0 Å². The fourth-order valence-electron chi connectivity index (χ4n) is 1.99. The van der Waals surface area contributed by atoms with E-state index in [0.717, 1.165) is 32.6 Å². The predicted molar refractivity (Wildman–Crippen MR) is 55.1 cm³/mol. The van der Waals surface area contributed by atoms with Crippen molar-refractivity contribution in [3.63, 3.8) is 0 Å². The first-order valence-corrected chi connectivity index (χ1v) is 5.24. The Bertz CT molecular complexity index is 300. The van der Waals surface area contributed by atoms with Gasteiger partial charge >= 0.3 is 0 Å². The topological polar surface area (TPSA) is 27.1 Å². The molecular weight excluding hydrogens is 176 g/mol. The van der Waals surface area contributed by atoms with Crippen LogP contribution < -0.4 is 0 Å². The molecule has 3 nitrogen and oxygen atoms in total. The second-order valence-electron chi connectivity index (χ2n) is 4.59. The molecule has 1 aliphatic rings. The minimum absolute atomic E-state index is 0.393. The van der Waals surface area contributed by atoms with Crippen molar-refractivity contribution in [1.29, 1.82) is 0 Å². The van der Waals surface area contributed by atoms with Crippen LogP contribution in [0.2, 0.25) is 0 Å². The molecule has 0 bridgehead atoms. The lowest BCUT2D eigenvalue weighted by Crippen LogP contribution is -2.31. The lowest BCUT2D eigenvalue weighted by molar-refractivity contribution is 0.0153. The fourth-order valence-corrected chi connectivity index (χ4v) is 1.99. The molecule has 14 heavy (non-hydrogen) atoms. The molecule has 0 atom stereocenters. The first-order chi connectivity index (χ1) is 6.70. The molecule has 2 rings (SSSR count). The van der Waals surface area contributed by atoms with Crippen LogP contribution in [0, 0.1) is 12.3 Å². The van der Waals surface area contributed by atoms with Crippen molar-refractivity contribution in [2.24, 2.45) is 5.41 Å². The van der Waals surface area contributed by atoms with Gasteiger partial charge in [-0.2, -0.15) is 0 Å². The summed E-state index contributed by atoms with van der Waals surface area (Å²) < 4.78 is 7.63. The van der Waals surface area contributed by atoms with Gasteiger partial charge in [0.15, 0.2) is 0 Å². The van der Waals surface area contributed by atoms with E-state index in [2.05, 4.69) is 23.4 Å². The Morgan fingerprint density at radius 3 is 2.79 bits per heavy atom. The van der Waals surface area contributed by atoms with Crippen molar-refractivity contribution in [2.75, 3.05) is 13.2 Å². The van der Waals surface area contributed by atoms with E-state index in [1.54, 1.807) is 0 Å². The normalized spacial score (nSPS) is 21.0. The van der Waals surface area contributed by atoms with Gasteiger partial charge in [0.25, 0.3) is 0 Å². The van der Waals surface area contributed by atoms with Gasteiger partial charge in [-0.15, -0.1) is 0 Å². The molecule has 0 unspecified atom stereocenters. The van der Waals surface area contributed by atoms with Gasteiger partial charge in [0.2, 0.25) is 0 Å². The predicted octanol–water partition coefficient (Wildman–Crippen LogP) is 2.01. The van der Waals surface area contributed by atoms with Crippen LogP contribution in [0.5, 0.6) is 0 Å². The van der Waals surface area contributed by atoms with Crippen LogP contribution in [-0.2, 0) is 11.3 Å². The molecular formula is C11H18N2O. The van der Waals surface area contributed by atoms with Crippen molar-refractivity contribution in [3.05, 3.63) is 18.2 Å². The molecule has 0 radical (unpaired) electrons. The number of hydrogen-bond donors (Lipinski definition) is 0. The molecule has 2 heterocycles. The molecule has 0 saturated carbocycles. The first-order valence-electron chi connectivity index (χ1n) is 5.24. The Morgan fingerprint density at radius 1 is 1.50 bits per heavy atom. The maximum atomic E-state index is 5.39. The van der Waals surface area contributed by atoms with Gasteiger partial charge in [-0.3, -0.25) is 0 Å². The third kappa shape index (κ3) is 1.98. The highest BCUT2D eigenvalue weighted by Gasteiger charge is 2.27. The van der Waals surface area contributed by atoms with E-state index in [-0.39, 0.29) is 0 Å². The SMILES string of the molecule is Cc1cncn1CC1(C)CCOCC1. The quantitative estimate of drug-likeness (QED) is 0.720. The number of nitrogens with zero attached hydrogens (tertiary/aromatic N) is 2. The minimum Gasteiger partial charge on any atom is -0.381 e. The number of aryl methyl sites for hydroxylation is 1. The highest BCUT2D eigenvalue weighted by Crippen LogP contribution is 2.31. The van der Waals surface area contributed by atoms with E-state index in [1.807, 2.05) is 12.5 Å². The monoisotopic (exact) mass is 194 g/mol. The molecule has 3 heteroatoms. The smallest absolute Gasteiger partial charge is 0.0948 e. The Labute approximate surface area is 85.1 Å². The molecule has 0 N–H and O–H groups in total. The third-order valence-electron chi connectivity index (χ3n) is 3.17. The van der Waals surface area contributed by atoms with Crippen molar-refractivity contribution < 1.29 is 4.74 Å². The first kappa shape index (κ1) is 9.71. The van der Waals surface area contributed by atoms with Crippen molar-refractivity contribution >= 4 is 0 Å². The van der Waals surface area contributed by atoms with Gasteiger partial charge in [0.1, 0.15) is 0 Å². The number of rotatable bonds is 2. The molecule has 1 aromatic heterocycles. The van der Waals surface area contributed by atoms with Crippen LogP contribution in [0.1, 0.15) is 25.5 Å². The van der Waals surface area contributed by atoms with Gasteiger partial charge in [-0.25, -0.2) is 4.98 Å². The highest BCUT2D eigenvalue weighted by atomic mass is 16.5. The molecule has 1 fully saturated rings. The maximum absolute atomic E-state index is 5.39. The average Bonchev–Trinajstić information content (AvgIpc) is 2.52. The summed E-state index contributed by atoms with van der Waals surface area (Å²) in [5.74, 6) is 0. The summed E-state index contributed by atoms with van der Waals surface area (Å²) in [6.45, 7) is 7.33. The number of ether oxygens (including phenoxy) is 1. The summed E-state index contributed by atoms with van der Waals surface area (Å²) in [5.41, 5.74) is 1.64. The molecule has 78 valence electrons. The van der Waals surface area contributed by atoms with Crippen molar-refractivity contribution in [2.45, 2.75) is 33.2 Å². The number of imidazole rings is 1. The molecule has 0 spiro atoms. The largest absolute Gasteiger partial charge is 0.381 e. The van der Waals surface area contributed by atoms with E-state index in [0.29, 0.717) is 5.41 Å². The van der Waals surface area contributed by atoms with E-state index < -0.39 is 0 Å². The molecule has 0 aromatic carbocycles. The Kier molecular flexibility index (Phi) is 2.59. The maximum Gasteiger partial charge on any atom is 0.0948 e. The zero-order valence-electron chi connectivity index (χ0n) is 8.99. The highest BCUT2D eigenvalue weighted by molar-refractivity contribution is 4.95. The zero-order valence-corrected chi connectivity index (χ0v) is 8.99. The molecule has 1 aliphatic heterocycles. The van der Waals surface area contributed by atoms with Crippen LogP contribution in [0.4, 0.5) is 0 Å². The van der Waals surface area contributed by atoms with Crippen LogP contribution in [0.3, 0.4) is 0 Å². The van der Waals surface area contributed by atoms with E-state index in [4.69, 9.17) is 4.74 Å². The molecule has 1 saturated heterocycles. The van der Waals surface area contributed by atoms with E-state index in [1.165, 1.54) is 5.69 Å². The summed E-state index contributed by atoms with van der Waals surface area (Å²) in [4.78, 5) is 4.15. The summed E-state index contributed by atoms with van der Waals surface area (Å²) in [6, 6.07) is 0. The van der Waals surface area contributed by atoms with E-state index >= 15 is 0 Å². The number of aromatic nitrogens is 2. The lowest BCUT2D eigenvalue weighted by Gasteiger charge is -2.34. The van der Waals surface area contributed by atoms with Gasteiger partial charge in [0.05, 0.1) is 6.33 Å². The Morgan fingerprint density at radius 2 is 2.21 bits per heavy atom. The second kappa shape index (κ2) is 3.73.